The molecule has 3 heterocycles. The SMILES string of the molecule is CC(=O)c1ccc(-c2ccc(C(=O)N3CCC4(CCNC4)CC3)o2)cc1.Cl. The minimum Gasteiger partial charge on any atom is -0.451 e. The Labute approximate surface area is 165 Å². The molecule has 2 fully saturated rings. The fourth-order valence-electron chi connectivity index (χ4n) is 4.04. The van der Waals surface area contributed by atoms with Crippen molar-refractivity contribution in [3.63, 3.8) is 0 Å². The first-order chi connectivity index (χ1) is 12.6. The number of halogens is 1. The molecule has 1 aromatic carbocycles. The van der Waals surface area contributed by atoms with E-state index in [1.54, 1.807) is 25.1 Å². The first-order valence-electron chi connectivity index (χ1n) is 9.28. The molecule has 6 heteroatoms. The van der Waals surface area contributed by atoms with E-state index < -0.39 is 0 Å². The fraction of sp³-hybridized carbons (Fsp3) is 0.429. The zero-order chi connectivity index (χ0) is 18.1. The van der Waals surface area contributed by atoms with Gasteiger partial charge in [-0.05, 0) is 50.3 Å². The number of amides is 1. The molecule has 0 radical (unpaired) electrons. The van der Waals surface area contributed by atoms with Crippen molar-refractivity contribution in [1.29, 1.82) is 0 Å². The summed E-state index contributed by atoms with van der Waals surface area (Å²) < 4.78 is 5.81. The molecule has 0 saturated carbocycles. The smallest absolute Gasteiger partial charge is 0.289 e. The number of furan rings is 1. The largest absolute Gasteiger partial charge is 0.451 e. The van der Waals surface area contributed by atoms with Crippen LogP contribution in [-0.4, -0.2) is 42.8 Å². The van der Waals surface area contributed by atoms with Crippen molar-refractivity contribution in [3.8, 4) is 11.3 Å². The second kappa shape index (κ2) is 7.87. The van der Waals surface area contributed by atoms with Gasteiger partial charge in [-0.1, -0.05) is 24.3 Å². The average Bonchev–Trinajstić information content (AvgIpc) is 3.32. The first kappa shape index (κ1) is 19.6. The summed E-state index contributed by atoms with van der Waals surface area (Å²) in [6.45, 7) is 5.31. The summed E-state index contributed by atoms with van der Waals surface area (Å²) in [7, 11) is 0. The van der Waals surface area contributed by atoms with E-state index in [9.17, 15) is 9.59 Å². The quantitative estimate of drug-likeness (QED) is 0.812. The molecule has 1 N–H and O–H groups in total. The Morgan fingerprint density at radius 2 is 1.74 bits per heavy atom. The lowest BCUT2D eigenvalue weighted by atomic mass is 9.78. The molecule has 2 aliphatic heterocycles. The summed E-state index contributed by atoms with van der Waals surface area (Å²) in [5, 5.41) is 3.45. The third-order valence-electron chi connectivity index (χ3n) is 5.84. The number of likely N-dealkylation sites (tertiary alicyclic amines) is 1. The molecule has 0 bridgehead atoms. The van der Waals surface area contributed by atoms with E-state index in [4.69, 9.17) is 4.42 Å². The molecule has 0 aliphatic carbocycles. The minimum atomic E-state index is -0.0302. The zero-order valence-electron chi connectivity index (χ0n) is 15.5. The van der Waals surface area contributed by atoms with E-state index in [0.29, 0.717) is 22.5 Å². The van der Waals surface area contributed by atoms with Crippen LogP contribution in [0.4, 0.5) is 0 Å². The Kier molecular flexibility index (Phi) is 5.72. The summed E-state index contributed by atoms with van der Waals surface area (Å²) in [4.78, 5) is 26.0. The highest BCUT2D eigenvalue weighted by molar-refractivity contribution is 5.94. The van der Waals surface area contributed by atoms with Crippen LogP contribution in [0, 0.1) is 5.41 Å². The number of nitrogens with one attached hydrogen (secondary N) is 1. The molecule has 144 valence electrons. The van der Waals surface area contributed by atoms with E-state index in [0.717, 1.165) is 44.6 Å². The topological polar surface area (TPSA) is 62.6 Å². The Balaban J connectivity index is 0.00000210. The molecular formula is C21H25ClN2O3. The second-order valence-electron chi connectivity index (χ2n) is 7.52. The lowest BCUT2D eigenvalue weighted by Crippen LogP contribution is -2.43. The number of hydrogen-bond donors (Lipinski definition) is 1. The Morgan fingerprint density at radius 3 is 2.33 bits per heavy atom. The van der Waals surface area contributed by atoms with Crippen LogP contribution in [0.15, 0.2) is 40.8 Å². The fourth-order valence-corrected chi connectivity index (χ4v) is 4.04. The molecule has 1 aromatic heterocycles. The van der Waals surface area contributed by atoms with Crippen LogP contribution in [-0.2, 0) is 0 Å². The van der Waals surface area contributed by atoms with Gasteiger partial charge in [-0.2, -0.15) is 0 Å². The van der Waals surface area contributed by atoms with Crippen LogP contribution in [0.25, 0.3) is 11.3 Å². The van der Waals surface area contributed by atoms with E-state index in [-0.39, 0.29) is 24.1 Å². The summed E-state index contributed by atoms with van der Waals surface area (Å²) in [6, 6.07) is 10.8. The number of carbonyl (C=O) groups excluding carboxylic acids is 2. The number of rotatable bonds is 3. The number of ketones is 1. The van der Waals surface area contributed by atoms with Gasteiger partial charge in [-0.15, -0.1) is 12.4 Å². The van der Waals surface area contributed by atoms with Crippen molar-refractivity contribution in [2.75, 3.05) is 26.2 Å². The van der Waals surface area contributed by atoms with Gasteiger partial charge in [0.05, 0.1) is 0 Å². The lowest BCUT2D eigenvalue weighted by Gasteiger charge is -2.38. The van der Waals surface area contributed by atoms with E-state index in [1.807, 2.05) is 23.1 Å². The molecule has 1 spiro atoms. The standard InChI is InChI=1S/C21H24N2O3.ClH/c1-15(24)16-2-4-17(5-3-16)18-6-7-19(26-18)20(25)23-12-9-21(10-13-23)8-11-22-14-21;/h2-7,22H,8-14H2,1H3;1H. The monoisotopic (exact) mass is 388 g/mol. The van der Waals surface area contributed by atoms with Crippen molar-refractivity contribution < 1.29 is 14.0 Å². The average molecular weight is 389 g/mol. The van der Waals surface area contributed by atoms with Crippen molar-refractivity contribution in [3.05, 3.63) is 47.7 Å². The van der Waals surface area contributed by atoms with Gasteiger partial charge in [0, 0.05) is 30.8 Å². The maximum atomic E-state index is 12.8. The highest BCUT2D eigenvalue weighted by Crippen LogP contribution is 2.37. The van der Waals surface area contributed by atoms with Crippen LogP contribution in [0.1, 0.15) is 47.1 Å². The minimum absolute atomic E-state index is 0. The summed E-state index contributed by atoms with van der Waals surface area (Å²) >= 11 is 0. The van der Waals surface area contributed by atoms with Gasteiger partial charge >= 0.3 is 0 Å². The Morgan fingerprint density at radius 1 is 1.04 bits per heavy atom. The number of benzene rings is 1. The number of Topliss-reactive ketones (excluding diaryl/α,β-unsaturated/α-hetero) is 1. The van der Waals surface area contributed by atoms with Crippen molar-refractivity contribution in [2.45, 2.75) is 26.2 Å². The van der Waals surface area contributed by atoms with E-state index in [1.165, 1.54) is 6.42 Å². The zero-order valence-corrected chi connectivity index (χ0v) is 16.3. The van der Waals surface area contributed by atoms with Crippen LogP contribution in [0.5, 0.6) is 0 Å². The van der Waals surface area contributed by atoms with E-state index in [2.05, 4.69) is 5.32 Å². The van der Waals surface area contributed by atoms with Gasteiger partial charge in [-0.3, -0.25) is 9.59 Å². The van der Waals surface area contributed by atoms with Crippen LogP contribution in [0.2, 0.25) is 0 Å². The molecule has 1 amide bonds. The van der Waals surface area contributed by atoms with Gasteiger partial charge in [-0.25, -0.2) is 0 Å². The van der Waals surface area contributed by atoms with Gasteiger partial charge in [0.1, 0.15) is 5.76 Å². The van der Waals surface area contributed by atoms with Crippen LogP contribution >= 0.6 is 12.4 Å². The third-order valence-corrected chi connectivity index (χ3v) is 5.84. The van der Waals surface area contributed by atoms with Crippen LogP contribution < -0.4 is 5.32 Å². The first-order valence-corrected chi connectivity index (χ1v) is 9.28. The predicted octanol–water partition coefficient (Wildman–Crippen LogP) is 3.79. The number of carbonyl (C=O) groups is 2. The maximum Gasteiger partial charge on any atom is 0.289 e. The highest BCUT2D eigenvalue weighted by Gasteiger charge is 2.38. The molecule has 5 nitrogen and oxygen atoms in total. The third kappa shape index (κ3) is 3.94. The van der Waals surface area contributed by atoms with Crippen LogP contribution in [0.3, 0.4) is 0 Å². The van der Waals surface area contributed by atoms with E-state index >= 15 is 0 Å². The molecular weight excluding hydrogens is 364 g/mol. The Hall–Kier alpha value is -2.11. The van der Waals surface area contributed by atoms with Crippen molar-refractivity contribution in [2.24, 2.45) is 5.41 Å². The molecule has 2 saturated heterocycles. The molecule has 27 heavy (non-hydrogen) atoms. The summed E-state index contributed by atoms with van der Waals surface area (Å²) in [5.41, 5.74) is 1.92. The maximum absolute atomic E-state index is 12.8. The summed E-state index contributed by atoms with van der Waals surface area (Å²) in [5.74, 6) is 1.04. The lowest BCUT2D eigenvalue weighted by molar-refractivity contribution is 0.0578. The van der Waals surface area contributed by atoms with Gasteiger partial charge in [0.2, 0.25) is 0 Å². The second-order valence-corrected chi connectivity index (χ2v) is 7.52. The molecule has 0 atom stereocenters. The van der Waals surface area contributed by atoms with Crippen molar-refractivity contribution in [1.82, 2.24) is 10.2 Å². The molecule has 0 unspecified atom stereocenters. The van der Waals surface area contributed by atoms with Crippen molar-refractivity contribution >= 4 is 24.1 Å². The van der Waals surface area contributed by atoms with Gasteiger partial charge in [0.25, 0.3) is 5.91 Å². The molecule has 2 aromatic rings. The van der Waals surface area contributed by atoms with Gasteiger partial charge in [0.15, 0.2) is 11.5 Å². The normalized spacial score (nSPS) is 18.3. The number of hydrogen-bond acceptors (Lipinski definition) is 4. The Bertz CT molecular complexity index is 812. The molecule has 2 aliphatic rings. The highest BCUT2D eigenvalue weighted by atomic mass is 35.5. The number of piperidine rings is 1. The van der Waals surface area contributed by atoms with Gasteiger partial charge < -0.3 is 14.6 Å². The number of nitrogens with zero attached hydrogens (tertiary/aromatic N) is 1. The summed E-state index contributed by atoms with van der Waals surface area (Å²) in [6.07, 6.45) is 3.34. The predicted molar refractivity (Wildman–Crippen MR) is 106 cm³/mol. The molecule has 4 rings (SSSR count).